The molecule has 0 saturated carbocycles. The van der Waals surface area contributed by atoms with E-state index in [4.69, 9.17) is 14.5 Å². The first-order valence-corrected chi connectivity index (χ1v) is 11.0. The van der Waals surface area contributed by atoms with E-state index in [2.05, 4.69) is 6.58 Å². The summed E-state index contributed by atoms with van der Waals surface area (Å²) in [6.07, 6.45) is 6.26. The zero-order chi connectivity index (χ0) is 18.6. The van der Waals surface area contributed by atoms with E-state index in [0.717, 1.165) is 34.4 Å². The van der Waals surface area contributed by atoms with Crippen LogP contribution in [0.3, 0.4) is 0 Å². The molecule has 0 fully saturated rings. The topological polar surface area (TPSA) is 51.7 Å². The third-order valence-electron chi connectivity index (χ3n) is 4.55. The number of amides is 1. The molecule has 27 heavy (non-hydrogen) atoms. The third-order valence-corrected chi connectivity index (χ3v) is 6.71. The number of hydrogen-bond donors (Lipinski definition) is 0. The standard InChI is InChI=1S/C20H22N2O3S2/c1-2-9-22(20-21-15-5-3-4-6-18(15)27-20)19(23)13-26-14-7-8-16-17(12-14)25-11-10-24-16/h2,7-8,12H,1,3-6,9-11,13H2. The summed E-state index contributed by atoms with van der Waals surface area (Å²) < 4.78 is 11.2. The summed E-state index contributed by atoms with van der Waals surface area (Å²) >= 11 is 3.15. The summed E-state index contributed by atoms with van der Waals surface area (Å²) in [5.41, 5.74) is 1.17. The van der Waals surface area contributed by atoms with Crippen LogP contribution >= 0.6 is 23.1 Å². The van der Waals surface area contributed by atoms with E-state index in [1.54, 1.807) is 22.3 Å². The van der Waals surface area contributed by atoms with Crippen molar-refractivity contribution in [3.05, 3.63) is 41.4 Å². The Morgan fingerprint density at radius 1 is 1.26 bits per heavy atom. The van der Waals surface area contributed by atoms with E-state index in [0.29, 0.717) is 25.5 Å². The molecule has 0 saturated heterocycles. The van der Waals surface area contributed by atoms with Crippen LogP contribution in [0.4, 0.5) is 5.13 Å². The van der Waals surface area contributed by atoms with Gasteiger partial charge >= 0.3 is 0 Å². The summed E-state index contributed by atoms with van der Waals surface area (Å²) in [7, 11) is 0. The molecule has 0 unspecified atom stereocenters. The summed E-state index contributed by atoms with van der Waals surface area (Å²) in [5, 5.41) is 0.801. The zero-order valence-electron chi connectivity index (χ0n) is 15.1. The quantitative estimate of drug-likeness (QED) is 0.538. The molecule has 0 N–H and O–H groups in total. The fourth-order valence-corrected chi connectivity index (χ4v) is 5.18. The SMILES string of the molecule is C=CCN(C(=O)CSc1ccc2c(c1)OCCO2)c1nc2c(s1)CCCC2. The van der Waals surface area contributed by atoms with Crippen LogP contribution in [0.2, 0.25) is 0 Å². The van der Waals surface area contributed by atoms with Gasteiger partial charge < -0.3 is 9.47 Å². The van der Waals surface area contributed by atoms with Crippen molar-refractivity contribution in [3.8, 4) is 11.5 Å². The van der Waals surface area contributed by atoms with Crippen molar-refractivity contribution in [3.63, 3.8) is 0 Å². The van der Waals surface area contributed by atoms with Crippen molar-refractivity contribution in [1.29, 1.82) is 0 Å². The van der Waals surface area contributed by atoms with E-state index in [9.17, 15) is 4.79 Å². The molecule has 2 aliphatic rings. The van der Waals surface area contributed by atoms with Gasteiger partial charge in [0.05, 0.1) is 11.4 Å². The monoisotopic (exact) mass is 402 g/mol. The van der Waals surface area contributed by atoms with E-state index in [1.807, 2.05) is 18.2 Å². The first-order chi connectivity index (χ1) is 13.2. The predicted molar refractivity (Wildman–Crippen MR) is 109 cm³/mol. The summed E-state index contributed by atoms with van der Waals surface area (Å²) in [6, 6.07) is 5.80. The highest BCUT2D eigenvalue weighted by atomic mass is 32.2. The Hall–Kier alpha value is -1.99. The Morgan fingerprint density at radius 3 is 2.89 bits per heavy atom. The van der Waals surface area contributed by atoms with Crippen LogP contribution in [0.25, 0.3) is 0 Å². The summed E-state index contributed by atoms with van der Waals surface area (Å²) in [6.45, 7) is 5.41. The molecule has 1 amide bonds. The first-order valence-electron chi connectivity index (χ1n) is 9.17. The van der Waals surface area contributed by atoms with Gasteiger partial charge in [0.2, 0.25) is 5.91 Å². The van der Waals surface area contributed by atoms with Gasteiger partial charge in [-0.3, -0.25) is 9.69 Å². The van der Waals surface area contributed by atoms with Gasteiger partial charge in [-0.15, -0.1) is 29.7 Å². The molecule has 1 aromatic heterocycles. The fourth-order valence-electron chi connectivity index (χ4n) is 3.21. The Bertz CT molecular complexity index is 826. The number of anilines is 1. The molecule has 2 aromatic rings. The number of hydrogen-bond acceptors (Lipinski definition) is 6. The highest BCUT2D eigenvalue weighted by Crippen LogP contribution is 2.35. The van der Waals surface area contributed by atoms with Gasteiger partial charge in [-0.2, -0.15) is 0 Å². The van der Waals surface area contributed by atoms with Crippen molar-refractivity contribution >= 4 is 34.1 Å². The molecule has 0 atom stereocenters. The normalized spacial score (nSPS) is 15.1. The van der Waals surface area contributed by atoms with Gasteiger partial charge in [0.1, 0.15) is 13.2 Å². The first kappa shape index (κ1) is 18.4. The lowest BCUT2D eigenvalue weighted by atomic mass is 10.0. The van der Waals surface area contributed by atoms with E-state index in [1.165, 1.54) is 35.2 Å². The second kappa shape index (κ2) is 8.35. The summed E-state index contributed by atoms with van der Waals surface area (Å²) in [5.74, 6) is 1.89. The Labute approximate surface area is 167 Å². The number of carbonyl (C=O) groups excluding carboxylic acids is 1. The van der Waals surface area contributed by atoms with E-state index in [-0.39, 0.29) is 5.91 Å². The van der Waals surface area contributed by atoms with Gasteiger partial charge in [-0.05, 0) is 43.9 Å². The molecule has 0 spiro atoms. The van der Waals surface area contributed by atoms with Gasteiger partial charge in [-0.1, -0.05) is 6.08 Å². The molecule has 142 valence electrons. The average Bonchev–Trinajstić information content (AvgIpc) is 3.14. The van der Waals surface area contributed by atoms with Crippen LogP contribution in [0.1, 0.15) is 23.4 Å². The number of nitrogens with zero attached hydrogens (tertiary/aromatic N) is 2. The number of benzene rings is 1. The van der Waals surface area contributed by atoms with Crippen LogP contribution in [0, 0.1) is 0 Å². The average molecular weight is 403 g/mol. The molecule has 1 aliphatic carbocycles. The van der Waals surface area contributed by atoms with Crippen molar-refractivity contribution in [2.24, 2.45) is 0 Å². The van der Waals surface area contributed by atoms with Crippen LogP contribution in [-0.4, -0.2) is 36.4 Å². The predicted octanol–water partition coefficient (Wildman–Crippen LogP) is 4.10. The molecular weight excluding hydrogens is 380 g/mol. The number of carbonyl (C=O) groups is 1. The zero-order valence-corrected chi connectivity index (χ0v) is 16.7. The Balaban J connectivity index is 1.44. The molecular formula is C20H22N2O3S2. The Morgan fingerprint density at radius 2 is 2.07 bits per heavy atom. The van der Waals surface area contributed by atoms with Crippen molar-refractivity contribution in [2.75, 3.05) is 30.4 Å². The number of thiazole rings is 1. The van der Waals surface area contributed by atoms with Gasteiger partial charge in [-0.25, -0.2) is 4.98 Å². The second-order valence-electron chi connectivity index (χ2n) is 6.46. The van der Waals surface area contributed by atoms with Gasteiger partial charge in [0.15, 0.2) is 16.6 Å². The highest BCUT2D eigenvalue weighted by Gasteiger charge is 2.22. The molecule has 1 aromatic carbocycles. The lowest BCUT2D eigenvalue weighted by Gasteiger charge is -2.19. The van der Waals surface area contributed by atoms with E-state index < -0.39 is 0 Å². The van der Waals surface area contributed by atoms with Crippen molar-refractivity contribution in [2.45, 2.75) is 30.6 Å². The van der Waals surface area contributed by atoms with Crippen molar-refractivity contribution < 1.29 is 14.3 Å². The van der Waals surface area contributed by atoms with E-state index >= 15 is 0 Å². The largest absolute Gasteiger partial charge is 0.486 e. The molecule has 7 heteroatoms. The minimum atomic E-state index is 0.0425. The molecule has 2 heterocycles. The minimum Gasteiger partial charge on any atom is -0.486 e. The van der Waals surface area contributed by atoms with Crippen molar-refractivity contribution in [1.82, 2.24) is 4.98 Å². The minimum absolute atomic E-state index is 0.0425. The van der Waals surface area contributed by atoms with Gasteiger partial charge in [0.25, 0.3) is 0 Å². The maximum Gasteiger partial charge on any atom is 0.239 e. The number of rotatable bonds is 6. The van der Waals surface area contributed by atoms with Crippen LogP contribution in [-0.2, 0) is 17.6 Å². The van der Waals surface area contributed by atoms with Crippen LogP contribution in [0.15, 0.2) is 35.7 Å². The smallest absolute Gasteiger partial charge is 0.239 e. The number of ether oxygens (including phenoxy) is 2. The second-order valence-corrected chi connectivity index (χ2v) is 8.57. The van der Waals surface area contributed by atoms with Gasteiger partial charge in [0, 0.05) is 16.3 Å². The number of aromatic nitrogens is 1. The summed E-state index contributed by atoms with van der Waals surface area (Å²) in [4.78, 5) is 21.7. The lowest BCUT2D eigenvalue weighted by molar-refractivity contribution is -0.116. The number of thioether (sulfide) groups is 1. The Kier molecular flexibility index (Phi) is 5.69. The maximum absolute atomic E-state index is 12.9. The molecule has 0 bridgehead atoms. The highest BCUT2D eigenvalue weighted by molar-refractivity contribution is 8.00. The van der Waals surface area contributed by atoms with Crippen LogP contribution < -0.4 is 14.4 Å². The molecule has 1 aliphatic heterocycles. The maximum atomic E-state index is 12.9. The molecule has 0 radical (unpaired) electrons. The fraction of sp³-hybridized carbons (Fsp3) is 0.400. The molecule has 4 rings (SSSR count). The van der Waals surface area contributed by atoms with Crippen LogP contribution in [0.5, 0.6) is 11.5 Å². The molecule has 5 nitrogen and oxygen atoms in total. The number of aryl methyl sites for hydroxylation is 2. The number of fused-ring (bicyclic) bond motifs is 2. The lowest BCUT2D eigenvalue weighted by Crippen LogP contribution is -2.32. The third kappa shape index (κ3) is 4.14.